The van der Waals surface area contributed by atoms with Crippen molar-refractivity contribution in [1.29, 1.82) is 0 Å². The van der Waals surface area contributed by atoms with Gasteiger partial charge < -0.3 is 9.47 Å². The molecule has 25 heavy (non-hydrogen) atoms. The van der Waals surface area contributed by atoms with E-state index in [4.69, 9.17) is 9.47 Å². The maximum atomic E-state index is 14.5. The predicted molar refractivity (Wildman–Crippen MR) is 88.2 cm³/mol. The molecule has 142 valence electrons. The molecule has 0 aromatic heterocycles. The van der Waals surface area contributed by atoms with Crippen molar-refractivity contribution >= 4 is 0 Å². The number of hydrogen-bond acceptors (Lipinski definition) is 2. The van der Waals surface area contributed by atoms with E-state index in [0.717, 1.165) is 25.7 Å². The molecule has 1 saturated carbocycles. The van der Waals surface area contributed by atoms with E-state index in [-0.39, 0.29) is 17.9 Å². The minimum Gasteiger partial charge on any atom is -0.491 e. The third-order valence-corrected chi connectivity index (χ3v) is 4.87. The Bertz CT molecular complexity index is 581. The van der Waals surface area contributed by atoms with Crippen LogP contribution in [0.5, 0.6) is 11.5 Å². The van der Waals surface area contributed by atoms with E-state index in [1.807, 2.05) is 0 Å². The molecule has 0 atom stereocenters. The van der Waals surface area contributed by atoms with Crippen molar-refractivity contribution in [3.8, 4) is 11.5 Å². The van der Waals surface area contributed by atoms with Crippen molar-refractivity contribution in [2.75, 3.05) is 6.61 Å². The number of alkyl halides is 2. The van der Waals surface area contributed by atoms with Crippen LogP contribution in [0.1, 0.15) is 57.9 Å². The fourth-order valence-corrected chi connectivity index (χ4v) is 3.51. The molecule has 0 bridgehead atoms. The minimum atomic E-state index is -3.53. The van der Waals surface area contributed by atoms with Gasteiger partial charge in [-0.05, 0) is 57.1 Å². The van der Waals surface area contributed by atoms with E-state index < -0.39 is 29.4 Å². The molecule has 1 aromatic rings. The molecular weight excluding hydrogens is 336 g/mol. The highest BCUT2D eigenvalue weighted by molar-refractivity contribution is 5.42. The number of aryl methyl sites for hydroxylation is 1. The van der Waals surface area contributed by atoms with Gasteiger partial charge in [0.05, 0.1) is 12.5 Å². The topological polar surface area (TPSA) is 18.5 Å². The summed E-state index contributed by atoms with van der Waals surface area (Å²) in [6, 6.07) is 1.19. The van der Waals surface area contributed by atoms with Crippen molar-refractivity contribution < 1.29 is 27.0 Å². The van der Waals surface area contributed by atoms with E-state index in [1.54, 1.807) is 6.92 Å². The summed E-state index contributed by atoms with van der Waals surface area (Å²) in [4.78, 5) is 0. The Morgan fingerprint density at radius 2 is 1.72 bits per heavy atom. The fraction of sp³-hybridized carbons (Fsp3) is 0.684. The molecule has 2 nitrogen and oxygen atoms in total. The molecule has 1 fully saturated rings. The highest BCUT2D eigenvalue weighted by Gasteiger charge is 2.45. The van der Waals surface area contributed by atoms with Crippen molar-refractivity contribution in [3.05, 3.63) is 23.3 Å². The number of hydrogen-bond donors (Lipinski definition) is 0. The highest BCUT2D eigenvalue weighted by atomic mass is 19.3. The summed E-state index contributed by atoms with van der Waals surface area (Å²) >= 11 is 0. The Morgan fingerprint density at radius 3 is 2.28 bits per heavy atom. The second-order valence-corrected chi connectivity index (χ2v) is 6.75. The van der Waals surface area contributed by atoms with E-state index in [1.165, 1.54) is 13.0 Å². The second-order valence-electron chi connectivity index (χ2n) is 6.75. The van der Waals surface area contributed by atoms with E-state index in [0.29, 0.717) is 18.8 Å². The van der Waals surface area contributed by atoms with Gasteiger partial charge in [-0.25, -0.2) is 0 Å². The largest absolute Gasteiger partial charge is 0.491 e. The predicted octanol–water partition coefficient (Wildman–Crippen LogP) is 6.25. The third-order valence-electron chi connectivity index (χ3n) is 4.87. The van der Waals surface area contributed by atoms with Crippen LogP contribution in [0.4, 0.5) is 17.6 Å². The van der Waals surface area contributed by atoms with Gasteiger partial charge in [0.2, 0.25) is 11.6 Å². The summed E-state index contributed by atoms with van der Waals surface area (Å²) in [7, 11) is 0. The van der Waals surface area contributed by atoms with Crippen LogP contribution in [-0.4, -0.2) is 12.7 Å². The zero-order valence-corrected chi connectivity index (χ0v) is 15.0. The molecular formula is C19H26F4O2. The maximum Gasteiger partial charge on any atom is 0.400 e. The normalized spacial score (nSPS) is 21.2. The molecule has 0 radical (unpaired) electrons. The van der Waals surface area contributed by atoms with Crippen molar-refractivity contribution in [2.24, 2.45) is 11.8 Å². The summed E-state index contributed by atoms with van der Waals surface area (Å²) in [5.41, 5.74) is 0.0849. The van der Waals surface area contributed by atoms with Gasteiger partial charge in [0.1, 0.15) is 0 Å². The van der Waals surface area contributed by atoms with Gasteiger partial charge in [-0.15, -0.1) is 0 Å². The quantitative estimate of drug-likeness (QED) is 0.534. The highest BCUT2D eigenvalue weighted by Crippen LogP contribution is 2.43. The molecule has 0 saturated heterocycles. The Morgan fingerprint density at radius 1 is 1.08 bits per heavy atom. The van der Waals surface area contributed by atoms with Gasteiger partial charge in [0, 0.05) is 0 Å². The first-order valence-corrected chi connectivity index (χ1v) is 8.98. The smallest absolute Gasteiger partial charge is 0.400 e. The average Bonchev–Trinajstić information content (AvgIpc) is 2.57. The van der Waals surface area contributed by atoms with Gasteiger partial charge in [-0.2, -0.15) is 17.6 Å². The molecule has 6 heteroatoms. The average molecular weight is 362 g/mol. The van der Waals surface area contributed by atoms with E-state index in [9.17, 15) is 17.6 Å². The lowest BCUT2D eigenvalue weighted by Gasteiger charge is -2.33. The van der Waals surface area contributed by atoms with Crippen LogP contribution in [-0.2, 0) is 0 Å². The third kappa shape index (κ3) is 4.59. The van der Waals surface area contributed by atoms with Crippen LogP contribution < -0.4 is 9.47 Å². The van der Waals surface area contributed by atoms with Crippen LogP contribution in [0.2, 0.25) is 0 Å². The molecule has 0 unspecified atom stereocenters. The van der Waals surface area contributed by atoms with Gasteiger partial charge in [-0.1, -0.05) is 19.8 Å². The first kappa shape index (κ1) is 19.9. The van der Waals surface area contributed by atoms with E-state index >= 15 is 0 Å². The monoisotopic (exact) mass is 362 g/mol. The molecule has 2 rings (SSSR count). The first-order valence-electron chi connectivity index (χ1n) is 8.98. The van der Waals surface area contributed by atoms with Crippen molar-refractivity contribution in [3.63, 3.8) is 0 Å². The minimum absolute atomic E-state index is 0.0849. The van der Waals surface area contributed by atoms with Gasteiger partial charge in [0.25, 0.3) is 0 Å². The molecule has 1 aromatic carbocycles. The van der Waals surface area contributed by atoms with Crippen LogP contribution in [0.3, 0.4) is 0 Å². The van der Waals surface area contributed by atoms with Gasteiger partial charge in [-0.3, -0.25) is 0 Å². The SMILES string of the molecule is CCCC1CCC(C(F)(F)Oc2c(C)cc(OCC)c(F)c2F)CC1. The van der Waals surface area contributed by atoms with Crippen LogP contribution in [0.25, 0.3) is 0 Å². The lowest BCUT2D eigenvalue weighted by molar-refractivity contribution is -0.225. The lowest BCUT2D eigenvalue weighted by atomic mass is 9.79. The number of benzene rings is 1. The zero-order chi connectivity index (χ0) is 18.6. The first-order chi connectivity index (χ1) is 11.8. The Labute approximate surface area is 146 Å². The molecule has 1 aliphatic rings. The molecule has 0 spiro atoms. The van der Waals surface area contributed by atoms with Gasteiger partial charge in [0.15, 0.2) is 11.5 Å². The molecule has 1 aliphatic carbocycles. The van der Waals surface area contributed by atoms with Crippen LogP contribution in [0.15, 0.2) is 6.07 Å². The van der Waals surface area contributed by atoms with Crippen molar-refractivity contribution in [1.82, 2.24) is 0 Å². The van der Waals surface area contributed by atoms with Crippen LogP contribution in [0, 0.1) is 30.4 Å². The van der Waals surface area contributed by atoms with Crippen molar-refractivity contribution in [2.45, 2.75) is 65.4 Å². The molecule has 0 N–H and O–H groups in total. The summed E-state index contributed by atoms with van der Waals surface area (Å²) < 4.78 is 66.8. The number of ether oxygens (including phenoxy) is 2. The number of halogens is 4. The Hall–Kier alpha value is -1.46. The van der Waals surface area contributed by atoms with Crippen LogP contribution >= 0.6 is 0 Å². The number of rotatable bonds is 7. The summed E-state index contributed by atoms with van der Waals surface area (Å²) in [6.45, 7) is 5.25. The molecule has 0 aliphatic heterocycles. The second kappa shape index (κ2) is 8.28. The Kier molecular flexibility index (Phi) is 6.58. The lowest BCUT2D eigenvalue weighted by Crippen LogP contribution is -2.37. The summed E-state index contributed by atoms with van der Waals surface area (Å²) in [5, 5.41) is 0. The molecule has 0 heterocycles. The standard InChI is InChI=1S/C19H26F4O2/c1-4-6-13-7-9-14(10-8-13)19(22,23)25-18-12(3)11-15(24-5-2)16(20)17(18)21/h11,13-14H,4-10H2,1-3H3. The summed E-state index contributed by atoms with van der Waals surface area (Å²) in [5.74, 6) is -4.27. The van der Waals surface area contributed by atoms with Gasteiger partial charge >= 0.3 is 6.11 Å². The maximum absolute atomic E-state index is 14.5. The zero-order valence-electron chi connectivity index (χ0n) is 15.0. The Balaban J connectivity index is 2.14. The fourth-order valence-electron chi connectivity index (χ4n) is 3.51. The van der Waals surface area contributed by atoms with E-state index in [2.05, 4.69) is 6.92 Å². The molecule has 0 amide bonds. The summed E-state index contributed by atoms with van der Waals surface area (Å²) in [6.07, 6.45) is 0.653.